The maximum Gasteiger partial charge on any atom is 0.321 e. The standard InChI is InChI=1S/C9H17N3O4S/c1-7(5-6-10)11(3)17(15,16)12(4)8(2)9(13)14/h7-8H,5H2,1-4H3,(H,13,14). The minimum atomic E-state index is -3.87. The van der Waals surface area contributed by atoms with E-state index in [0.717, 1.165) is 8.61 Å². The van der Waals surface area contributed by atoms with Crippen LogP contribution in [0.3, 0.4) is 0 Å². The number of aliphatic carboxylic acids is 1. The molecule has 0 aliphatic rings. The van der Waals surface area contributed by atoms with Crippen LogP contribution in [0, 0.1) is 11.3 Å². The van der Waals surface area contributed by atoms with Crippen LogP contribution in [0.1, 0.15) is 20.3 Å². The Morgan fingerprint density at radius 2 is 1.82 bits per heavy atom. The van der Waals surface area contributed by atoms with Crippen molar-refractivity contribution < 1.29 is 18.3 Å². The van der Waals surface area contributed by atoms with Crippen LogP contribution in [-0.2, 0) is 15.0 Å². The van der Waals surface area contributed by atoms with Crippen molar-refractivity contribution in [1.82, 2.24) is 8.61 Å². The molecule has 8 heteroatoms. The highest BCUT2D eigenvalue weighted by molar-refractivity contribution is 7.86. The first-order valence-electron chi connectivity index (χ1n) is 4.97. The molecule has 0 saturated heterocycles. The molecule has 7 nitrogen and oxygen atoms in total. The molecule has 0 heterocycles. The van der Waals surface area contributed by atoms with Crippen molar-refractivity contribution in [3.8, 4) is 6.07 Å². The Morgan fingerprint density at radius 3 is 2.18 bits per heavy atom. The van der Waals surface area contributed by atoms with Gasteiger partial charge in [-0.25, -0.2) is 0 Å². The zero-order chi connectivity index (χ0) is 13.8. The van der Waals surface area contributed by atoms with Gasteiger partial charge in [-0.15, -0.1) is 0 Å². The van der Waals surface area contributed by atoms with Gasteiger partial charge in [0, 0.05) is 20.1 Å². The van der Waals surface area contributed by atoms with E-state index in [0.29, 0.717) is 0 Å². The van der Waals surface area contributed by atoms with Crippen molar-refractivity contribution >= 4 is 16.2 Å². The molecule has 0 aliphatic heterocycles. The van der Waals surface area contributed by atoms with E-state index in [1.54, 1.807) is 6.92 Å². The summed E-state index contributed by atoms with van der Waals surface area (Å²) in [5.74, 6) is -1.22. The largest absolute Gasteiger partial charge is 0.480 e. The third-order valence-corrected chi connectivity index (χ3v) is 4.77. The molecule has 0 fully saturated rings. The predicted molar refractivity (Wildman–Crippen MR) is 61.2 cm³/mol. The third kappa shape index (κ3) is 3.66. The first kappa shape index (κ1) is 15.8. The summed E-state index contributed by atoms with van der Waals surface area (Å²) in [6, 6.07) is 0.209. The molecule has 0 aromatic carbocycles. The fourth-order valence-corrected chi connectivity index (χ4v) is 2.47. The average Bonchev–Trinajstić information content (AvgIpc) is 2.25. The van der Waals surface area contributed by atoms with Crippen LogP contribution in [0.2, 0.25) is 0 Å². The SMILES string of the molecule is CC(CC#N)N(C)S(=O)(=O)N(C)C(C)C(=O)O. The molecule has 0 spiro atoms. The topological polar surface area (TPSA) is 102 Å². The van der Waals surface area contributed by atoms with E-state index >= 15 is 0 Å². The Labute approximate surface area is 101 Å². The van der Waals surface area contributed by atoms with E-state index in [-0.39, 0.29) is 6.42 Å². The number of hydrogen-bond donors (Lipinski definition) is 1. The fourth-order valence-electron chi connectivity index (χ4n) is 1.05. The van der Waals surface area contributed by atoms with Crippen LogP contribution in [0.25, 0.3) is 0 Å². The first-order valence-corrected chi connectivity index (χ1v) is 6.36. The zero-order valence-corrected chi connectivity index (χ0v) is 11.1. The number of nitriles is 1. The maximum absolute atomic E-state index is 12.0. The molecule has 98 valence electrons. The minimum absolute atomic E-state index is 0.0466. The molecule has 17 heavy (non-hydrogen) atoms. The summed E-state index contributed by atoms with van der Waals surface area (Å²) >= 11 is 0. The van der Waals surface area contributed by atoms with Crippen molar-refractivity contribution in [2.24, 2.45) is 0 Å². The van der Waals surface area contributed by atoms with Gasteiger partial charge in [0.05, 0.1) is 12.5 Å². The van der Waals surface area contributed by atoms with Crippen LogP contribution in [-0.4, -0.2) is 54.3 Å². The van der Waals surface area contributed by atoms with Gasteiger partial charge in [0.2, 0.25) is 0 Å². The Hall–Kier alpha value is -1.17. The molecule has 2 unspecified atom stereocenters. The quantitative estimate of drug-likeness (QED) is 0.719. The lowest BCUT2D eigenvalue weighted by Crippen LogP contribution is -2.49. The predicted octanol–water partition coefficient (Wildman–Crippen LogP) is -0.130. The van der Waals surface area contributed by atoms with Gasteiger partial charge in [-0.3, -0.25) is 4.79 Å². The van der Waals surface area contributed by atoms with E-state index in [4.69, 9.17) is 10.4 Å². The number of carboxylic acids is 1. The average molecular weight is 263 g/mol. The van der Waals surface area contributed by atoms with Gasteiger partial charge in [0.25, 0.3) is 10.2 Å². The highest BCUT2D eigenvalue weighted by atomic mass is 32.2. The summed E-state index contributed by atoms with van der Waals surface area (Å²) in [4.78, 5) is 10.7. The van der Waals surface area contributed by atoms with Gasteiger partial charge in [-0.2, -0.15) is 22.3 Å². The maximum atomic E-state index is 12.0. The monoisotopic (exact) mass is 263 g/mol. The summed E-state index contributed by atoms with van der Waals surface area (Å²) < 4.78 is 25.7. The van der Waals surface area contributed by atoms with Crippen LogP contribution < -0.4 is 0 Å². The molecule has 0 rings (SSSR count). The van der Waals surface area contributed by atoms with Gasteiger partial charge in [0.1, 0.15) is 6.04 Å². The van der Waals surface area contributed by atoms with E-state index in [1.807, 2.05) is 6.07 Å². The number of likely N-dealkylation sites (N-methyl/N-ethyl adjacent to an activating group) is 1. The lowest BCUT2D eigenvalue weighted by molar-refractivity contribution is -0.140. The number of carboxylic acid groups (broad SMARTS) is 1. The van der Waals surface area contributed by atoms with Gasteiger partial charge in [-0.1, -0.05) is 0 Å². The van der Waals surface area contributed by atoms with Crippen LogP contribution >= 0.6 is 0 Å². The Kier molecular flexibility index (Phi) is 5.54. The lowest BCUT2D eigenvalue weighted by atomic mass is 10.3. The second-order valence-corrected chi connectivity index (χ2v) is 5.81. The number of rotatable bonds is 6. The van der Waals surface area contributed by atoms with E-state index < -0.39 is 28.3 Å². The molecule has 0 aromatic rings. The fraction of sp³-hybridized carbons (Fsp3) is 0.778. The molecule has 0 saturated carbocycles. The summed E-state index contributed by atoms with van der Waals surface area (Å²) in [7, 11) is -1.35. The van der Waals surface area contributed by atoms with Gasteiger partial charge in [0.15, 0.2) is 0 Å². The third-order valence-electron chi connectivity index (χ3n) is 2.64. The van der Waals surface area contributed by atoms with Crippen LogP contribution in [0.15, 0.2) is 0 Å². The second kappa shape index (κ2) is 5.95. The number of hydrogen-bond acceptors (Lipinski definition) is 4. The number of carbonyl (C=O) groups is 1. The van der Waals surface area contributed by atoms with Crippen molar-refractivity contribution in [1.29, 1.82) is 5.26 Å². The Morgan fingerprint density at radius 1 is 1.35 bits per heavy atom. The van der Waals surface area contributed by atoms with Crippen molar-refractivity contribution in [3.63, 3.8) is 0 Å². The summed E-state index contributed by atoms with van der Waals surface area (Å²) in [6.45, 7) is 2.86. The summed E-state index contributed by atoms with van der Waals surface area (Å²) in [5, 5.41) is 17.3. The van der Waals surface area contributed by atoms with Crippen molar-refractivity contribution in [2.45, 2.75) is 32.4 Å². The molecular weight excluding hydrogens is 246 g/mol. The molecule has 1 N–H and O–H groups in total. The highest BCUT2D eigenvalue weighted by Crippen LogP contribution is 2.13. The minimum Gasteiger partial charge on any atom is -0.480 e. The molecule has 0 bridgehead atoms. The highest BCUT2D eigenvalue weighted by Gasteiger charge is 2.33. The molecule has 0 amide bonds. The number of nitrogens with zero attached hydrogens (tertiary/aromatic N) is 3. The van der Waals surface area contributed by atoms with E-state index in [9.17, 15) is 13.2 Å². The van der Waals surface area contributed by atoms with E-state index in [2.05, 4.69) is 0 Å². The molecule has 0 aromatic heterocycles. The zero-order valence-electron chi connectivity index (χ0n) is 10.3. The molecular formula is C9H17N3O4S. The Bertz CT molecular complexity index is 414. The molecule has 0 aliphatic carbocycles. The van der Waals surface area contributed by atoms with Gasteiger partial charge < -0.3 is 5.11 Å². The van der Waals surface area contributed by atoms with Crippen molar-refractivity contribution in [2.75, 3.05) is 14.1 Å². The van der Waals surface area contributed by atoms with Crippen molar-refractivity contribution in [3.05, 3.63) is 0 Å². The van der Waals surface area contributed by atoms with Gasteiger partial charge in [-0.05, 0) is 13.8 Å². The molecule has 2 atom stereocenters. The summed E-state index contributed by atoms with van der Waals surface area (Å²) in [5.41, 5.74) is 0. The summed E-state index contributed by atoms with van der Waals surface area (Å²) in [6.07, 6.45) is 0.0466. The lowest BCUT2D eigenvalue weighted by Gasteiger charge is -2.29. The van der Waals surface area contributed by atoms with Crippen LogP contribution in [0.4, 0.5) is 0 Å². The first-order chi connectivity index (χ1) is 7.66. The van der Waals surface area contributed by atoms with Gasteiger partial charge >= 0.3 is 5.97 Å². The smallest absolute Gasteiger partial charge is 0.321 e. The van der Waals surface area contributed by atoms with E-state index in [1.165, 1.54) is 21.0 Å². The van der Waals surface area contributed by atoms with Crippen LogP contribution in [0.5, 0.6) is 0 Å². The normalized spacial score (nSPS) is 15.6. The second-order valence-electron chi connectivity index (χ2n) is 3.77. The molecule has 0 radical (unpaired) electrons. The Balaban J connectivity index is 5.02.